The number of amides is 2. The van der Waals surface area contributed by atoms with Gasteiger partial charge in [-0.2, -0.15) is 0 Å². The molecule has 0 aromatic heterocycles. The summed E-state index contributed by atoms with van der Waals surface area (Å²) in [6, 6.07) is -0.417. The maximum Gasteiger partial charge on any atom is 0.315 e. The first-order chi connectivity index (χ1) is 9.06. The molecule has 19 heavy (non-hydrogen) atoms. The Kier molecular flexibility index (Phi) is 4.32. The van der Waals surface area contributed by atoms with Crippen LogP contribution in [-0.2, 0) is 4.79 Å². The van der Waals surface area contributed by atoms with E-state index in [1.165, 1.54) is 0 Å². The summed E-state index contributed by atoms with van der Waals surface area (Å²) in [6.07, 6.45) is 7.53. The normalized spacial score (nSPS) is 29.1. The first-order valence-electron chi connectivity index (χ1n) is 7.38. The summed E-state index contributed by atoms with van der Waals surface area (Å²) in [5, 5.41) is 15.1. The Morgan fingerprint density at radius 3 is 2.42 bits per heavy atom. The Labute approximate surface area is 114 Å². The van der Waals surface area contributed by atoms with Gasteiger partial charge in [0.15, 0.2) is 0 Å². The van der Waals surface area contributed by atoms with Crippen molar-refractivity contribution in [3.8, 4) is 0 Å². The second-order valence-corrected chi connectivity index (χ2v) is 5.92. The van der Waals surface area contributed by atoms with Gasteiger partial charge in [0.25, 0.3) is 0 Å². The van der Waals surface area contributed by atoms with Crippen molar-refractivity contribution in [2.24, 2.45) is 5.92 Å². The van der Waals surface area contributed by atoms with E-state index in [0.717, 1.165) is 44.9 Å². The standard InChI is InChI=1S/C14H24N2O3/c1-2-14(8-5-9-14)16-13(19)15-11-7-4-3-6-10(11)12(17)18/h10-11H,2-9H2,1H3,(H,17,18)(H2,15,16,19). The lowest BCUT2D eigenvalue weighted by atomic mass is 9.75. The molecule has 2 aliphatic rings. The van der Waals surface area contributed by atoms with Crippen LogP contribution in [0.3, 0.4) is 0 Å². The van der Waals surface area contributed by atoms with Gasteiger partial charge in [0.2, 0.25) is 0 Å². The van der Waals surface area contributed by atoms with Gasteiger partial charge < -0.3 is 15.7 Å². The molecule has 0 bridgehead atoms. The minimum atomic E-state index is -0.793. The van der Waals surface area contributed by atoms with Gasteiger partial charge in [-0.25, -0.2) is 4.79 Å². The average Bonchev–Trinajstić information content (AvgIpc) is 2.34. The molecule has 2 atom stereocenters. The summed E-state index contributed by atoms with van der Waals surface area (Å²) in [5.41, 5.74) is -0.0442. The molecule has 0 radical (unpaired) electrons. The van der Waals surface area contributed by atoms with Crippen LogP contribution in [0.25, 0.3) is 0 Å². The van der Waals surface area contributed by atoms with Crippen molar-refractivity contribution in [1.29, 1.82) is 0 Å². The molecule has 5 heteroatoms. The maximum atomic E-state index is 12.0. The molecule has 2 unspecified atom stereocenters. The second kappa shape index (κ2) is 5.80. The minimum absolute atomic E-state index is 0.0442. The first kappa shape index (κ1) is 14.2. The number of carboxylic acid groups (broad SMARTS) is 1. The van der Waals surface area contributed by atoms with Crippen LogP contribution in [0.4, 0.5) is 4.79 Å². The number of nitrogens with one attached hydrogen (secondary N) is 2. The molecule has 2 aliphatic carbocycles. The molecular weight excluding hydrogens is 244 g/mol. The number of urea groups is 1. The zero-order valence-electron chi connectivity index (χ0n) is 11.6. The molecule has 0 saturated heterocycles. The summed E-state index contributed by atoms with van der Waals surface area (Å²) in [6.45, 7) is 2.08. The van der Waals surface area contributed by atoms with Gasteiger partial charge in [0.1, 0.15) is 0 Å². The van der Waals surface area contributed by atoms with Crippen LogP contribution >= 0.6 is 0 Å². The lowest BCUT2D eigenvalue weighted by molar-refractivity contribution is -0.143. The van der Waals surface area contributed by atoms with Crippen molar-refractivity contribution in [1.82, 2.24) is 10.6 Å². The van der Waals surface area contributed by atoms with Crippen LogP contribution in [0.5, 0.6) is 0 Å². The van der Waals surface area contributed by atoms with Crippen LogP contribution < -0.4 is 10.6 Å². The van der Waals surface area contributed by atoms with E-state index < -0.39 is 11.9 Å². The van der Waals surface area contributed by atoms with Gasteiger partial charge in [-0.1, -0.05) is 19.8 Å². The Morgan fingerprint density at radius 2 is 1.89 bits per heavy atom. The van der Waals surface area contributed by atoms with E-state index in [9.17, 15) is 14.7 Å². The molecule has 0 spiro atoms. The van der Waals surface area contributed by atoms with Gasteiger partial charge in [-0.15, -0.1) is 0 Å². The lowest BCUT2D eigenvalue weighted by Gasteiger charge is -2.42. The number of carbonyl (C=O) groups excluding carboxylic acids is 1. The quantitative estimate of drug-likeness (QED) is 0.731. The molecule has 0 aromatic rings. The Bertz CT molecular complexity index is 347. The highest BCUT2D eigenvalue weighted by molar-refractivity contribution is 5.77. The number of hydrogen-bond acceptors (Lipinski definition) is 2. The number of carboxylic acids is 1. The molecule has 0 heterocycles. The zero-order valence-corrected chi connectivity index (χ0v) is 11.6. The molecule has 3 N–H and O–H groups in total. The van der Waals surface area contributed by atoms with Crippen molar-refractivity contribution in [3.05, 3.63) is 0 Å². The first-order valence-corrected chi connectivity index (χ1v) is 7.38. The van der Waals surface area contributed by atoms with Gasteiger partial charge in [-0.05, 0) is 38.5 Å². The highest BCUT2D eigenvalue weighted by atomic mass is 16.4. The molecule has 2 saturated carbocycles. The molecule has 2 amide bonds. The highest BCUT2D eigenvalue weighted by Crippen LogP contribution is 2.34. The number of rotatable bonds is 4. The smallest absolute Gasteiger partial charge is 0.315 e. The van der Waals surface area contributed by atoms with E-state index in [0.29, 0.717) is 6.42 Å². The average molecular weight is 268 g/mol. The molecule has 2 rings (SSSR count). The van der Waals surface area contributed by atoms with Crippen molar-refractivity contribution < 1.29 is 14.7 Å². The lowest BCUT2D eigenvalue weighted by Crippen LogP contribution is -2.58. The predicted molar refractivity (Wildman–Crippen MR) is 71.9 cm³/mol. The third kappa shape index (κ3) is 3.19. The fourth-order valence-corrected chi connectivity index (χ4v) is 3.22. The molecular formula is C14H24N2O3. The minimum Gasteiger partial charge on any atom is -0.481 e. The summed E-state index contributed by atoms with van der Waals surface area (Å²) in [7, 11) is 0. The van der Waals surface area contributed by atoms with Crippen molar-refractivity contribution in [2.75, 3.05) is 0 Å². The number of carbonyl (C=O) groups is 2. The van der Waals surface area contributed by atoms with Gasteiger partial charge in [0, 0.05) is 11.6 Å². The maximum absolute atomic E-state index is 12.0. The molecule has 2 fully saturated rings. The van der Waals surface area contributed by atoms with E-state index >= 15 is 0 Å². The van der Waals surface area contributed by atoms with Gasteiger partial charge >= 0.3 is 12.0 Å². The van der Waals surface area contributed by atoms with Crippen molar-refractivity contribution >= 4 is 12.0 Å². The third-order valence-electron chi connectivity index (χ3n) is 4.77. The summed E-state index contributed by atoms with van der Waals surface area (Å²) in [5.74, 6) is -1.22. The molecule has 108 valence electrons. The third-order valence-corrected chi connectivity index (χ3v) is 4.77. The van der Waals surface area contributed by atoms with E-state index in [-0.39, 0.29) is 17.6 Å². The van der Waals surface area contributed by atoms with Crippen LogP contribution in [0.15, 0.2) is 0 Å². The summed E-state index contributed by atoms with van der Waals surface area (Å²) < 4.78 is 0. The van der Waals surface area contributed by atoms with Gasteiger partial charge in [-0.3, -0.25) is 4.79 Å². The number of hydrogen-bond donors (Lipinski definition) is 3. The molecule has 0 aromatic carbocycles. The van der Waals surface area contributed by atoms with Crippen LogP contribution in [0.1, 0.15) is 58.3 Å². The van der Waals surface area contributed by atoms with E-state index in [2.05, 4.69) is 17.6 Å². The predicted octanol–water partition coefficient (Wildman–Crippen LogP) is 2.26. The SMILES string of the molecule is CCC1(NC(=O)NC2CCCCC2C(=O)O)CCC1. The molecule has 5 nitrogen and oxygen atoms in total. The van der Waals surface area contributed by atoms with E-state index in [4.69, 9.17) is 0 Å². The van der Waals surface area contributed by atoms with E-state index in [1.807, 2.05) is 0 Å². The summed E-state index contributed by atoms with van der Waals surface area (Å²) >= 11 is 0. The van der Waals surface area contributed by atoms with E-state index in [1.54, 1.807) is 0 Å². The zero-order chi connectivity index (χ0) is 13.9. The summed E-state index contributed by atoms with van der Waals surface area (Å²) in [4.78, 5) is 23.2. The highest BCUT2D eigenvalue weighted by Gasteiger charge is 2.38. The van der Waals surface area contributed by atoms with Crippen LogP contribution in [0, 0.1) is 5.92 Å². The topological polar surface area (TPSA) is 78.4 Å². The second-order valence-electron chi connectivity index (χ2n) is 5.92. The monoisotopic (exact) mass is 268 g/mol. The Hall–Kier alpha value is -1.26. The molecule has 0 aliphatic heterocycles. The van der Waals surface area contributed by atoms with Gasteiger partial charge in [0.05, 0.1) is 5.92 Å². The van der Waals surface area contributed by atoms with Crippen molar-refractivity contribution in [3.63, 3.8) is 0 Å². The fraction of sp³-hybridized carbons (Fsp3) is 0.857. The Balaban J connectivity index is 1.88. The van der Waals surface area contributed by atoms with Crippen LogP contribution in [0.2, 0.25) is 0 Å². The van der Waals surface area contributed by atoms with Crippen LogP contribution in [-0.4, -0.2) is 28.7 Å². The van der Waals surface area contributed by atoms with Crippen molar-refractivity contribution in [2.45, 2.75) is 69.9 Å². The largest absolute Gasteiger partial charge is 0.481 e. The number of aliphatic carboxylic acids is 1. The Morgan fingerprint density at radius 1 is 1.21 bits per heavy atom. The fourth-order valence-electron chi connectivity index (χ4n) is 3.22.